The quantitative estimate of drug-likeness (QED) is 0.521. The van der Waals surface area contributed by atoms with E-state index in [2.05, 4.69) is 0 Å². The van der Waals surface area contributed by atoms with Crippen molar-refractivity contribution in [3.05, 3.63) is 64.2 Å². The van der Waals surface area contributed by atoms with Gasteiger partial charge >= 0.3 is 0 Å². The molecule has 0 spiro atoms. The second-order valence-corrected chi connectivity index (χ2v) is 4.91. The highest BCUT2D eigenvalue weighted by atomic mass is 16.6. The average Bonchev–Trinajstić information content (AvgIpc) is 2.46. The Labute approximate surface area is 117 Å². The van der Waals surface area contributed by atoms with E-state index in [0.717, 1.165) is 5.71 Å². The lowest BCUT2D eigenvalue weighted by atomic mass is 9.91. The van der Waals surface area contributed by atoms with Crippen LogP contribution >= 0.6 is 0 Å². The Hall–Kier alpha value is -2.27. The van der Waals surface area contributed by atoms with E-state index >= 15 is 0 Å². The van der Waals surface area contributed by atoms with Crippen LogP contribution in [0.2, 0.25) is 0 Å². The van der Waals surface area contributed by atoms with Crippen molar-refractivity contribution in [3.8, 4) is 0 Å². The largest absolute Gasteiger partial charge is 0.387 e. The number of allylic oxidation sites excluding steroid dienone is 2. The molecule has 0 saturated heterocycles. The van der Waals surface area contributed by atoms with E-state index in [1.807, 2.05) is 43.0 Å². The molecule has 0 aromatic heterocycles. The fraction of sp³-hybridized carbons (Fsp3) is 0.267. The van der Waals surface area contributed by atoms with Gasteiger partial charge in [-0.3, -0.25) is 10.1 Å². The maximum absolute atomic E-state index is 10.6. The van der Waals surface area contributed by atoms with Gasteiger partial charge in [-0.25, -0.2) is 4.58 Å². The molecule has 0 saturated carbocycles. The molecule has 1 atom stereocenters. The zero-order valence-corrected chi connectivity index (χ0v) is 11.4. The number of nitro groups is 1. The molecule has 1 aliphatic carbocycles. The van der Waals surface area contributed by atoms with E-state index in [-0.39, 0.29) is 11.6 Å². The van der Waals surface area contributed by atoms with Crippen LogP contribution in [-0.2, 0) is 0 Å². The summed E-state index contributed by atoms with van der Waals surface area (Å²) in [6.07, 6.45) is 7.08. The lowest BCUT2D eigenvalue weighted by Gasteiger charge is -2.18. The van der Waals surface area contributed by atoms with Gasteiger partial charge in [0.1, 0.15) is 14.1 Å². The van der Waals surface area contributed by atoms with Crippen molar-refractivity contribution in [2.24, 2.45) is 5.92 Å². The predicted octanol–water partition coefficient (Wildman–Crippen LogP) is 2.08. The first-order valence-electron chi connectivity index (χ1n) is 6.32. The summed E-state index contributed by atoms with van der Waals surface area (Å²) in [4.78, 5) is 10.1. The van der Waals surface area contributed by atoms with Crippen molar-refractivity contribution in [3.63, 3.8) is 0 Å². The summed E-state index contributed by atoms with van der Waals surface area (Å²) >= 11 is 0. The second-order valence-electron chi connectivity index (χ2n) is 4.91. The maximum Gasteiger partial charge on any atom is 0.269 e. The lowest BCUT2D eigenvalue weighted by Crippen LogP contribution is -2.15. The monoisotopic (exact) mass is 273 g/mol. The highest BCUT2D eigenvalue weighted by Gasteiger charge is 2.20. The van der Waals surface area contributed by atoms with Gasteiger partial charge in [-0.15, -0.1) is 0 Å². The van der Waals surface area contributed by atoms with Crippen LogP contribution in [-0.4, -0.2) is 34.4 Å². The van der Waals surface area contributed by atoms with Crippen LogP contribution in [0.4, 0.5) is 5.69 Å². The van der Waals surface area contributed by atoms with Crippen LogP contribution in [0.3, 0.4) is 0 Å². The second kappa shape index (κ2) is 5.79. The van der Waals surface area contributed by atoms with E-state index in [1.165, 1.54) is 12.1 Å². The Morgan fingerprint density at radius 1 is 1.15 bits per heavy atom. The van der Waals surface area contributed by atoms with E-state index in [4.69, 9.17) is 0 Å². The van der Waals surface area contributed by atoms with Gasteiger partial charge in [0.25, 0.3) is 5.69 Å². The van der Waals surface area contributed by atoms with Crippen molar-refractivity contribution in [1.82, 2.24) is 0 Å². The minimum absolute atomic E-state index is 0.0268. The van der Waals surface area contributed by atoms with Gasteiger partial charge in [-0.05, 0) is 17.7 Å². The molecule has 0 amide bonds. The van der Waals surface area contributed by atoms with Gasteiger partial charge in [0.05, 0.1) is 11.0 Å². The molecular formula is C15H17N2O3+. The number of nitro benzene ring substituents is 1. The Morgan fingerprint density at radius 2 is 1.70 bits per heavy atom. The molecule has 5 heteroatoms. The molecule has 1 aliphatic rings. The van der Waals surface area contributed by atoms with E-state index in [1.54, 1.807) is 12.1 Å². The predicted molar refractivity (Wildman–Crippen MR) is 76.9 cm³/mol. The Kier molecular flexibility index (Phi) is 4.10. The zero-order chi connectivity index (χ0) is 14.7. The molecular weight excluding hydrogens is 256 g/mol. The van der Waals surface area contributed by atoms with E-state index in [0.29, 0.717) is 5.56 Å². The normalized spacial score (nSPS) is 18.9. The Bertz CT molecular complexity index is 580. The molecule has 104 valence electrons. The first-order chi connectivity index (χ1) is 9.49. The van der Waals surface area contributed by atoms with Gasteiger partial charge < -0.3 is 5.11 Å². The first-order valence-corrected chi connectivity index (χ1v) is 6.32. The molecule has 1 aromatic carbocycles. The van der Waals surface area contributed by atoms with Gasteiger partial charge in [-0.2, -0.15) is 0 Å². The number of nitrogens with zero attached hydrogens (tertiary/aromatic N) is 2. The highest BCUT2D eigenvalue weighted by molar-refractivity contribution is 6.01. The Balaban J connectivity index is 2.15. The lowest BCUT2D eigenvalue weighted by molar-refractivity contribution is -0.462. The summed E-state index contributed by atoms with van der Waals surface area (Å²) in [5, 5.41) is 20.9. The molecule has 1 N–H and O–H groups in total. The number of non-ortho nitro benzene ring substituents is 1. The van der Waals surface area contributed by atoms with Crippen molar-refractivity contribution in [2.45, 2.75) is 6.10 Å². The summed E-state index contributed by atoms with van der Waals surface area (Å²) < 4.78 is 1.99. The number of rotatable bonds is 3. The molecule has 2 rings (SSSR count). The SMILES string of the molecule is C[N+](C)=C1C=CC(C(O)c2ccc([N+](=O)[O-])cc2)C=C1. The minimum atomic E-state index is -0.702. The standard InChI is InChI=1S/C15H17N2O3/c1-16(2)13-7-3-11(4-8-13)15(18)12-5-9-14(10-6-12)17(19)20/h3-11,15,18H,1-2H3/q+1. The van der Waals surface area contributed by atoms with Gasteiger partial charge in [-0.1, -0.05) is 12.2 Å². The van der Waals surface area contributed by atoms with Crippen molar-refractivity contribution in [1.29, 1.82) is 0 Å². The van der Waals surface area contributed by atoms with E-state index < -0.39 is 11.0 Å². The summed E-state index contributed by atoms with van der Waals surface area (Å²) in [6.45, 7) is 0. The fourth-order valence-electron chi connectivity index (χ4n) is 2.06. The summed E-state index contributed by atoms with van der Waals surface area (Å²) in [5.41, 5.74) is 1.76. The molecule has 1 unspecified atom stereocenters. The molecule has 0 bridgehead atoms. The van der Waals surface area contributed by atoms with Crippen LogP contribution < -0.4 is 0 Å². The number of aliphatic hydroxyl groups excluding tert-OH is 1. The maximum atomic E-state index is 10.6. The smallest absolute Gasteiger partial charge is 0.269 e. The summed E-state index contributed by atoms with van der Waals surface area (Å²) in [7, 11) is 3.91. The highest BCUT2D eigenvalue weighted by Crippen LogP contribution is 2.27. The summed E-state index contributed by atoms with van der Waals surface area (Å²) in [6, 6.07) is 6.00. The summed E-state index contributed by atoms with van der Waals surface area (Å²) in [5.74, 6) is -0.125. The van der Waals surface area contributed by atoms with Crippen molar-refractivity contribution in [2.75, 3.05) is 14.1 Å². The third kappa shape index (κ3) is 3.00. The molecule has 0 aliphatic heterocycles. The number of benzene rings is 1. The topological polar surface area (TPSA) is 66.4 Å². The van der Waals surface area contributed by atoms with Gasteiger partial charge in [0.2, 0.25) is 0 Å². The van der Waals surface area contributed by atoms with Crippen LogP contribution in [0.5, 0.6) is 0 Å². The van der Waals surface area contributed by atoms with Crippen molar-refractivity contribution < 1.29 is 14.6 Å². The zero-order valence-electron chi connectivity index (χ0n) is 11.4. The average molecular weight is 273 g/mol. The van der Waals surface area contributed by atoms with Crippen LogP contribution in [0.25, 0.3) is 0 Å². The Morgan fingerprint density at radius 3 is 2.15 bits per heavy atom. The van der Waals surface area contributed by atoms with E-state index in [9.17, 15) is 15.2 Å². The molecule has 20 heavy (non-hydrogen) atoms. The van der Waals surface area contributed by atoms with Crippen LogP contribution in [0, 0.1) is 16.0 Å². The third-order valence-electron chi connectivity index (χ3n) is 3.30. The van der Waals surface area contributed by atoms with Gasteiger partial charge in [0.15, 0.2) is 5.71 Å². The van der Waals surface area contributed by atoms with Crippen LogP contribution in [0.1, 0.15) is 11.7 Å². The molecule has 0 heterocycles. The van der Waals surface area contributed by atoms with Crippen molar-refractivity contribution >= 4 is 11.4 Å². The molecule has 5 nitrogen and oxygen atoms in total. The van der Waals surface area contributed by atoms with Gasteiger partial charge in [0, 0.05) is 30.2 Å². The molecule has 1 aromatic rings. The van der Waals surface area contributed by atoms with Crippen LogP contribution in [0.15, 0.2) is 48.6 Å². The third-order valence-corrected chi connectivity index (χ3v) is 3.30. The minimum Gasteiger partial charge on any atom is -0.387 e. The number of hydrogen-bond acceptors (Lipinski definition) is 3. The fourth-order valence-corrected chi connectivity index (χ4v) is 2.06. The number of hydrogen-bond donors (Lipinski definition) is 1. The molecule has 0 fully saturated rings. The molecule has 0 radical (unpaired) electrons. The first kappa shape index (κ1) is 14.1. The number of aliphatic hydroxyl groups is 1.